The van der Waals surface area contributed by atoms with E-state index in [2.05, 4.69) is 26.5 Å². The summed E-state index contributed by atoms with van der Waals surface area (Å²) in [5.74, 6) is 0. The summed E-state index contributed by atoms with van der Waals surface area (Å²) in [4.78, 5) is 0. The summed E-state index contributed by atoms with van der Waals surface area (Å²) in [5.41, 5.74) is 8.02. The number of ether oxygens (including phenoxy) is 2. The highest BCUT2D eigenvalue weighted by Gasteiger charge is 2.12. The molecule has 0 aliphatic carbocycles. The molecule has 1 heterocycles. The Morgan fingerprint density at radius 2 is 2.50 bits per heavy atom. The maximum atomic E-state index is 5.45. The molecule has 0 bridgehead atoms. The minimum Gasteiger partial charge on any atom is -0.376 e. The van der Waals surface area contributed by atoms with Crippen LogP contribution in [0, 0.1) is 0 Å². The molecule has 1 fully saturated rings. The number of hydrogen-bond acceptors (Lipinski definition) is 4. The van der Waals surface area contributed by atoms with E-state index in [1.807, 2.05) is 0 Å². The molecule has 0 spiro atoms. The molecular formula is C8H16BrN3O2. The Morgan fingerprint density at radius 3 is 3.14 bits per heavy atom. The number of halogens is 1. The lowest BCUT2D eigenvalue weighted by Crippen LogP contribution is -2.26. The molecule has 0 aromatic rings. The SMILES string of the molecule is N/C(Br)=N\NCCOC1CCCCO1. The number of nitrogens with one attached hydrogen (secondary N) is 1. The highest BCUT2D eigenvalue weighted by molar-refractivity contribution is 9.18. The Balaban J connectivity index is 1.95. The summed E-state index contributed by atoms with van der Waals surface area (Å²) < 4.78 is 11.2. The van der Waals surface area contributed by atoms with Crippen LogP contribution in [-0.2, 0) is 9.47 Å². The van der Waals surface area contributed by atoms with Gasteiger partial charge in [-0.1, -0.05) is 0 Å². The fraction of sp³-hybridized carbons (Fsp3) is 0.875. The van der Waals surface area contributed by atoms with Gasteiger partial charge in [0.2, 0.25) is 0 Å². The second-order valence-electron chi connectivity index (χ2n) is 3.01. The van der Waals surface area contributed by atoms with Crippen LogP contribution in [0.25, 0.3) is 0 Å². The number of rotatable bonds is 5. The maximum absolute atomic E-state index is 5.45. The topological polar surface area (TPSA) is 68.9 Å². The molecule has 82 valence electrons. The molecule has 1 unspecified atom stereocenters. The van der Waals surface area contributed by atoms with Crippen molar-refractivity contribution < 1.29 is 9.47 Å². The van der Waals surface area contributed by atoms with E-state index in [9.17, 15) is 0 Å². The zero-order valence-corrected chi connectivity index (χ0v) is 9.63. The summed E-state index contributed by atoms with van der Waals surface area (Å²) in [6.07, 6.45) is 3.28. The van der Waals surface area contributed by atoms with E-state index < -0.39 is 0 Å². The summed E-state index contributed by atoms with van der Waals surface area (Å²) in [6, 6.07) is 0. The third-order valence-corrected chi connectivity index (χ3v) is 2.02. The molecule has 1 aliphatic heterocycles. The molecule has 6 heteroatoms. The zero-order chi connectivity index (χ0) is 10.2. The van der Waals surface area contributed by atoms with Gasteiger partial charge in [0.05, 0.1) is 13.2 Å². The van der Waals surface area contributed by atoms with Gasteiger partial charge in [-0.3, -0.25) is 0 Å². The lowest BCUT2D eigenvalue weighted by molar-refractivity contribution is -0.161. The van der Waals surface area contributed by atoms with Crippen LogP contribution in [-0.4, -0.2) is 30.8 Å². The van der Waals surface area contributed by atoms with Gasteiger partial charge in [0.25, 0.3) is 0 Å². The van der Waals surface area contributed by atoms with Crippen molar-refractivity contribution in [2.45, 2.75) is 25.6 Å². The zero-order valence-electron chi connectivity index (χ0n) is 8.04. The first-order chi connectivity index (χ1) is 6.79. The van der Waals surface area contributed by atoms with E-state index >= 15 is 0 Å². The Morgan fingerprint density at radius 1 is 1.64 bits per heavy atom. The molecule has 1 aliphatic rings. The minimum absolute atomic E-state index is 0.0316. The Hall–Kier alpha value is -0.330. The predicted molar refractivity (Wildman–Crippen MR) is 58.1 cm³/mol. The van der Waals surface area contributed by atoms with E-state index in [4.69, 9.17) is 15.2 Å². The highest BCUT2D eigenvalue weighted by Crippen LogP contribution is 2.12. The minimum atomic E-state index is -0.0316. The normalized spacial score (nSPS) is 23.5. The van der Waals surface area contributed by atoms with E-state index in [1.165, 1.54) is 6.42 Å². The van der Waals surface area contributed by atoms with Gasteiger partial charge in [0.1, 0.15) is 0 Å². The van der Waals surface area contributed by atoms with Crippen LogP contribution in [0.2, 0.25) is 0 Å². The van der Waals surface area contributed by atoms with Gasteiger partial charge in [0.15, 0.2) is 11.0 Å². The van der Waals surface area contributed by atoms with Crippen molar-refractivity contribution >= 4 is 20.7 Å². The first-order valence-electron chi connectivity index (χ1n) is 4.74. The van der Waals surface area contributed by atoms with Gasteiger partial charge >= 0.3 is 0 Å². The second-order valence-corrected chi connectivity index (χ2v) is 3.82. The average molecular weight is 266 g/mol. The molecule has 0 saturated carbocycles. The van der Waals surface area contributed by atoms with Crippen LogP contribution in [0.15, 0.2) is 5.10 Å². The van der Waals surface area contributed by atoms with Gasteiger partial charge in [-0.15, -0.1) is 0 Å². The van der Waals surface area contributed by atoms with Crippen molar-refractivity contribution in [2.24, 2.45) is 10.8 Å². The molecule has 1 rings (SSSR count). The van der Waals surface area contributed by atoms with Gasteiger partial charge in [-0.25, -0.2) is 0 Å². The maximum Gasteiger partial charge on any atom is 0.186 e. The van der Waals surface area contributed by atoms with Crippen LogP contribution in [0.1, 0.15) is 19.3 Å². The second kappa shape index (κ2) is 7.03. The van der Waals surface area contributed by atoms with Crippen molar-refractivity contribution in [3.05, 3.63) is 0 Å². The van der Waals surface area contributed by atoms with Gasteiger partial charge < -0.3 is 20.6 Å². The number of amidine groups is 1. The van der Waals surface area contributed by atoms with Crippen LogP contribution in [0.3, 0.4) is 0 Å². The smallest absolute Gasteiger partial charge is 0.186 e. The molecule has 1 atom stereocenters. The van der Waals surface area contributed by atoms with Crippen LogP contribution in [0.5, 0.6) is 0 Å². The summed E-state index contributed by atoms with van der Waals surface area (Å²) in [7, 11) is 0. The van der Waals surface area contributed by atoms with Crippen LogP contribution in [0.4, 0.5) is 0 Å². The van der Waals surface area contributed by atoms with Crippen LogP contribution >= 0.6 is 15.9 Å². The molecule has 1 saturated heterocycles. The number of hydrogen-bond donors (Lipinski definition) is 2. The van der Waals surface area contributed by atoms with Crippen molar-refractivity contribution in [1.82, 2.24) is 5.43 Å². The number of nitrogens with two attached hydrogens (primary N) is 1. The van der Waals surface area contributed by atoms with E-state index in [-0.39, 0.29) is 6.29 Å². The van der Waals surface area contributed by atoms with Crippen molar-refractivity contribution in [3.63, 3.8) is 0 Å². The molecule has 0 aromatic heterocycles. The Bertz CT molecular complexity index is 179. The molecule has 3 N–H and O–H groups in total. The number of nitrogens with zero attached hydrogens (tertiary/aromatic N) is 1. The molecular weight excluding hydrogens is 250 g/mol. The third kappa shape index (κ3) is 5.41. The molecule has 0 amide bonds. The van der Waals surface area contributed by atoms with Crippen molar-refractivity contribution in [3.8, 4) is 0 Å². The lowest BCUT2D eigenvalue weighted by atomic mass is 10.2. The highest BCUT2D eigenvalue weighted by atomic mass is 79.9. The van der Waals surface area contributed by atoms with E-state index in [1.54, 1.807) is 0 Å². The molecule has 0 radical (unpaired) electrons. The van der Waals surface area contributed by atoms with Gasteiger partial charge in [-0.05, 0) is 35.2 Å². The summed E-state index contributed by atoms with van der Waals surface area (Å²) in [6.45, 7) is 2.02. The van der Waals surface area contributed by atoms with Crippen LogP contribution < -0.4 is 11.2 Å². The largest absolute Gasteiger partial charge is 0.376 e. The summed E-state index contributed by atoms with van der Waals surface area (Å²) >= 11 is 3.00. The first-order valence-corrected chi connectivity index (χ1v) is 5.53. The predicted octanol–water partition coefficient (Wildman–Crippen LogP) is 0.744. The fourth-order valence-corrected chi connectivity index (χ4v) is 1.34. The standard InChI is InChI=1S/C8H16BrN3O2/c9-8(10)12-11-4-6-14-7-3-1-2-5-13-7/h7,11H,1-6H2,(H2,10,12). The Kier molecular flexibility index (Phi) is 5.89. The van der Waals surface area contributed by atoms with Gasteiger partial charge in [0, 0.05) is 6.61 Å². The monoisotopic (exact) mass is 265 g/mol. The molecule has 14 heavy (non-hydrogen) atoms. The first kappa shape index (κ1) is 11.7. The fourth-order valence-electron chi connectivity index (χ4n) is 1.21. The van der Waals surface area contributed by atoms with Gasteiger partial charge in [-0.2, -0.15) is 5.10 Å². The molecule has 5 nitrogen and oxygen atoms in total. The Labute approximate surface area is 92.1 Å². The van der Waals surface area contributed by atoms with Crippen molar-refractivity contribution in [1.29, 1.82) is 0 Å². The van der Waals surface area contributed by atoms with E-state index in [0.717, 1.165) is 19.4 Å². The van der Waals surface area contributed by atoms with Crippen molar-refractivity contribution in [2.75, 3.05) is 19.8 Å². The molecule has 0 aromatic carbocycles. The number of hydrazone groups is 1. The van der Waals surface area contributed by atoms with E-state index in [0.29, 0.717) is 17.9 Å². The average Bonchev–Trinajstić information content (AvgIpc) is 2.18. The lowest BCUT2D eigenvalue weighted by Gasteiger charge is -2.22. The summed E-state index contributed by atoms with van der Waals surface area (Å²) in [5, 5.41) is 3.75. The third-order valence-electron chi connectivity index (χ3n) is 1.84. The quantitative estimate of drug-likeness (QED) is 0.253.